The molecule has 0 bridgehead atoms. The van der Waals surface area contributed by atoms with E-state index in [4.69, 9.17) is 4.74 Å². The number of Topliss-reactive ketones (excluding diaryl/α,β-unsaturated/α-hetero) is 1. The van der Waals surface area contributed by atoms with Crippen LogP contribution in [-0.4, -0.2) is 53.8 Å². The molecule has 0 radical (unpaired) electrons. The van der Waals surface area contributed by atoms with Gasteiger partial charge in [-0.25, -0.2) is 0 Å². The highest BCUT2D eigenvalue weighted by Gasteiger charge is 2.48. The zero-order valence-corrected chi connectivity index (χ0v) is 15.5. The van der Waals surface area contributed by atoms with Gasteiger partial charge in [-0.05, 0) is 37.8 Å². The Kier molecular flexibility index (Phi) is 5.41. The van der Waals surface area contributed by atoms with Crippen LogP contribution in [-0.2, 0) is 14.3 Å². The van der Waals surface area contributed by atoms with Crippen LogP contribution >= 0.6 is 0 Å². The number of likely N-dealkylation sites (tertiary alicyclic amines) is 1. The van der Waals surface area contributed by atoms with E-state index in [0.29, 0.717) is 24.9 Å². The van der Waals surface area contributed by atoms with E-state index in [2.05, 4.69) is 5.32 Å². The van der Waals surface area contributed by atoms with Crippen LogP contribution in [0.5, 0.6) is 0 Å². The lowest BCUT2D eigenvalue weighted by molar-refractivity contribution is -0.138. The fraction of sp³-hybridized carbons (Fsp3) is 0.550. The van der Waals surface area contributed by atoms with E-state index in [-0.39, 0.29) is 36.2 Å². The van der Waals surface area contributed by atoms with Crippen LogP contribution in [0.4, 0.5) is 0 Å². The molecule has 6 heteroatoms. The second kappa shape index (κ2) is 7.58. The van der Waals surface area contributed by atoms with Gasteiger partial charge in [0.05, 0.1) is 6.10 Å². The molecule has 0 aliphatic carbocycles. The summed E-state index contributed by atoms with van der Waals surface area (Å²) in [6.07, 6.45) is 1.00. The van der Waals surface area contributed by atoms with Crippen molar-refractivity contribution >= 4 is 17.6 Å². The number of hydrogen-bond donors (Lipinski definition) is 1. The van der Waals surface area contributed by atoms with Gasteiger partial charge in [0.15, 0.2) is 5.78 Å². The third-order valence-electron chi connectivity index (χ3n) is 5.02. The van der Waals surface area contributed by atoms with Crippen LogP contribution in [0, 0.1) is 12.8 Å². The Morgan fingerprint density at radius 3 is 2.62 bits per heavy atom. The number of carbonyl (C=O) groups is 3. The van der Waals surface area contributed by atoms with Gasteiger partial charge < -0.3 is 15.0 Å². The molecule has 1 N–H and O–H groups in total. The van der Waals surface area contributed by atoms with E-state index in [1.807, 2.05) is 32.9 Å². The van der Waals surface area contributed by atoms with Crippen molar-refractivity contribution in [3.05, 3.63) is 35.4 Å². The maximum Gasteiger partial charge on any atom is 0.251 e. The Morgan fingerprint density at radius 2 is 1.96 bits per heavy atom. The van der Waals surface area contributed by atoms with Crippen molar-refractivity contribution < 1.29 is 19.1 Å². The first-order valence-electron chi connectivity index (χ1n) is 9.19. The van der Waals surface area contributed by atoms with Gasteiger partial charge >= 0.3 is 0 Å². The van der Waals surface area contributed by atoms with Crippen molar-refractivity contribution in [2.75, 3.05) is 13.2 Å². The molecule has 1 aromatic rings. The van der Waals surface area contributed by atoms with E-state index in [1.54, 1.807) is 17.0 Å². The number of benzene rings is 1. The van der Waals surface area contributed by atoms with Crippen LogP contribution in [0.3, 0.4) is 0 Å². The second-order valence-electron chi connectivity index (χ2n) is 7.60. The van der Waals surface area contributed by atoms with Gasteiger partial charge in [0.2, 0.25) is 5.91 Å². The Bertz CT molecular complexity index is 698. The first-order valence-corrected chi connectivity index (χ1v) is 9.19. The fourth-order valence-corrected chi connectivity index (χ4v) is 3.68. The molecule has 2 amide bonds. The third-order valence-corrected chi connectivity index (χ3v) is 5.02. The van der Waals surface area contributed by atoms with Crippen LogP contribution < -0.4 is 5.32 Å². The standard InChI is InChI=1S/C20H26N2O4/c1-12(2)10-15(21-19(24)14-6-4-13(3)5-7-14)20(25)22-9-8-17-18(22)16(23)11-26-17/h4-7,12,15,17-18H,8-11H2,1-3H3,(H,21,24)/t15-,17?,18?/m0/s1. The zero-order valence-electron chi connectivity index (χ0n) is 15.5. The Labute approximate surface area is 153 Å². The molecule has 140 valence electrons. The van der Waals surface area contributed by atoms with Crippen molar-refractivity contribution in [3.8, 4) is 0 Å². The predicted octanol–water partition coefficient (Wildman–Crippen LogP) is 1.71. The van der Waals surface area contributed by atoms with E-state index >= 15 is 0 Å². The highest BCUT2D eigenvalue weighted by atomic mass is 16.5. The lowest BCUT2D eigenvalue weighted by Gasteiger charge is -2.28. The Hall–Kier alpha value is -2.21. The third kappa shape index (κ3) is 3.80. The minimum atomic E-state index is -0.643. The molecule has 6 nitrogen and oxygen atoms in total. The van der Waals surface area contributed by atoms with Gasteiger partial charge in [0, 0.05) is 12.1 Å². The van der Waals surface area contributed by atoms with Gasteiger partial charge in [0.1, 0.15) is 18.7 Å². The van der Waals surface area contributed by atoms with Crippen molar-refractivity contribution in [1.29, 1.82) is 0 Å². The summed E-state index contributed by atoms with van der Waals surface area (Å²) in [5.41, 5.74) is 1.59. The number of amides is 2. The summed E-state index contributed by atoms with van der Waals surface area (Å²) in [6, 6.07) is 6.11. The summed E-state index contributed by atoms with van der Waals surface area (Å²) in [5.74, 6) is -0.274. The molecule has 2 saturated heterocycles. The lowest BCUT2D eigenvalue weighted by atomic mass is 10.0. The topological polar surface area (TPSA) is 75.7 Å². The van der Waals surface area contributed by atoms with Gasteiger partial charge in [-0.1, -0.05) is 31.5 Å². The second-order valence-corrected chi connectivity index (χ2v) is 7.60. The monoisotopic (exact) mass is 358 g/mol. The number of hydrogen-bond acceptors (Lipinski definition) is 4. The lowest BCUT2D eigenvalue weighted by Crippen LogP contribution is -2.52. The summed E-state index contributed by atoms with van der Waals surface area (Å²) < 4.78 is 5.46. The van der Waals surface area contributed by atoms with Crippen molar-refractivity contribution in [1.82, 2.24) is 10.2 Å². The maximum absolute atomic E-state index is 13.1. The average molecular weight is 358 g/mol. The number of fused-ring (bicyclic) bond motifs is 1. The molecule has 2 aliphatic heterocycles. The van der Waals surface area contributed by atoms with E-state index in [0.717, 1.165) is 5.56 Å². The SMILES string of the molecule is Cc1ccc(C(=O)N[C@@H](CC(C)C)C(=O)N2CCC3OCC(=O)C32)cc1. The van der Waals surface area contributed by atoms with Crippen molar-refractivity contribution in [2.24, 2.45) is 5.92 Å². The summed E-state index contributed by atoms with van der Waals surface area (Å²) in [5, 5.41) is 2.87. The normalized spacial score (nSPS) is 23.2. The number of aryl methyl sites for hydroxylation is 1. The minimum absolute atomic E-state index is 0.0472. The molecular weight excluding hydrogens is 332 g/mol. The van der Waals surface area contributed by atoms with Crippen LogP contribution in [0.25, 0.3) is 0 Å². The number of nitrogens with zero attached hydrogens (tertiary/aromatic N) is 1. The summed E-state index contributed by atoms with van der Waals surface area (Å²) in [6.45, 7) is 6.54. The molecule has 2 fully saturated rings. The number of carbonyl (C=O) groups excluding carboxylic acids is 3. The van der Waals surface area contributed by atoms with Crippen LogP contribution in [0.15, 0.2) is 24.3 Å². The highest BCUT2D eigenvalue weighted by molar-refractivity contribution is 5.99. The summed E-state index contributed by atoms with van der Waals surface area (Å²) >= 11 is 0. The molecule has 1 aromatic carbocycles. The molecule has 0 aromatic heterocycles. The molecule has 3 rings (SSSR count). The molecule has 0 saturated carbocycles. The fourth-order valence-electron chi connectivity index (χ4n) is 3.68. The molecule has 2 aliphatic rings. The Morgan fingerprint density at radius 1 is 1.27 bits per heavy atom. The number of rotatable bonds is 5. The number of ether oxygens (including phenoxy) is 1. The van der Waals surface area contributed by atoms with E-state index < -0.39 is 12.1 Å². The predicted molar refractivity (Wildman–Crippen MR) is 96.8 cm³/mol. The Balaban J connectivity index is 1.75. The van der Waals surface area contributed by atoms with E-state index in [9.17, 15) is 14.4 Å². The van der Waals surface area contributed by atoms with Gasteiger partial charge in [-0.2, -0.15) is 0 Å². The van der Waals surface area contributed by atoms with Gasteiger partial charge in [-0.3, -0.25) is 14.4 Å². The van der Waals surface area contributed by atoms with Crippen molar-refractivity contribution in [3.63, 3.8) is 0 Å². The maximum atomic E-state index is 13.1. The minimum Gasteiger partial charge on any atom is -0.368 e. The van der Waals surface area contributed by atoms with Crippen LogP contribution in [0.1, 0.15) is 42.6 Å². The number of ketones is 1. The number of nitrogens with one attached hydrogen (secondary N) is 1. The molecule has 3 atom stereocenters. The quantitative estimate of drug-likeness (QED) is 0.869. The first-order chi connectivity index (χ1) is 12.4. The van der Waals surface area contributed by atoms with Gasteiger partial charge in [-0.15, -0.1) is 0 Å². The first kappa shape index (κ1) is 18.6. The molecular formula is C20H26N2O4. The highest BCUT2D eigenvalue weighted by Crippen LogP contribution is 2.28. The van der Waals surface area contributed by atoms with Crippen LogP contribution in [0.2, 0.25) is 0 Å². The van der Waals surface area contributed by atoms with Gasteiger partial charge in [0.25, 0.3) is 5.91 Å². The summed E-state index contributed by atoms with van der Waals surface area (Å²) in [4.78, 5) is 39.4. The zero-order chi connectivity index (χ0) is 18.8. The molecule has 2 unspecified atom stereocenters. The summed E-state index contributed by atoms with van der Waals surface area (Å²) in [7, 11) is 0. The smallest absolute Gasteiger partial charge is 0.251 e. The average Bonchev–Trinajstić information content (AvgIpc) is 3.17. The van der Waals surface area contributed by atoms with Crippen molar-refractivity contribution in [2.45, 2.75) is 51.8 Å². The molecule has 26 heavy (non-hydrogen) atoms. The molecule has 0 spiro atoms. The van der Waals surface area contributed by atoms with E-state index in [1.165, 1.54) is 0 Å². The largest absolute Gasteiger partial charge is 0.368 e. The molecule has 2 heterocycles.